The number of allylic oxidation sites excluding steroid dienone is 1. The van der Waals surface area contributed by atoms with E-state index in [4.69, 9.17) is 4.74 Å². The summed E-state index contributed by atoms with van der Waals surface area (Å²) in [6.07, 6.45) is 14.5. The quantitative estimate of drug-likeness (QED) is 0.185. The van der Waals surface area contributed by atoms with Gasteiger partial charge in [0.25, 0.3) is 6.47 Å². The van der Waals surface area contributed by atoms with Gasteiger partial charge in [-0.3, -0.25) is 4.79 Å². The third kappa shape index (κ3) is 4.42. The highest BCUT2D eigenvalue weighted by Crippen LogP contribution is 2.53. The summed E-state index contributed by atoms with van der Waals surface area (Å²) in [6, 6.07) is 24.7. The van der Waals surface area contributed by atoms with E-state index in [9.17, 15) is 9.90 Å². The number of benzene rings is 3. The Morgan fingerprint density at radius 3 is 2.59 bits per heavy atom. The molecule has 7 rings (SSSR count). The van der Waals surface area contributed by atoms with Crippen molar-refractivity contribution in [2.24, 2.45) is 0 Å². The number of ether oxygens (including phenoxy) is 1. The van der Waals surface area contributed by atoms with Crippen LogP contribution in [0.2, 0.25) is 0 Å². The molecule has 0 saturated heterocycles. The van der Waals surface area contributed by atoms with Crippen LogP contribution in [0, 0.1) is 0 Å². The maximum atomic E-state index is 11.0. The number of carbonyl (C=O) groups is 1. The van der Waals surface area contributed by atoms with E-state index in [2.05, 4.69) is 76.2 Å². The standard InChI is InChI=1S/C36H39N2O3/c39-24-27-11-15-28(16-12-27)38-32-10-6-7-29(32)30-23-26(13-17-33(30)38)14-18-35-36(19-4-1-5-20-36)31-8-2-3-9-34(31)37(35)21-22-41-25-40/h2-3,8-9,11-18,23,25,29,32,39H,1,4-7,10,19-22,24H2/q+1. The van der Waals surface area contributed by atoms with Gasteiger partial charge in [-0.05, 0) is 72.7 Å². The average Bonchev–Trinajstić information content (AvgIpc) is 3.68. The molecule has 3 aromatic carbocycles. The SMILES string of the molecule is O=COCC[N+]1=C(/C=C/c2ccc3c(c2)C2CCCC2N3c2ccc(CO)cc2)C2(CCCCC2)c2ccccc21. The van der Waals surface area contributed by atoms with Crippen molar-refractivity contribution in [3.05, 3.63) is 95.1 Å². The van der Waals surface area contributed by atoms with Crippen molar-refractivity contribution >= 4 is 35.3 Å². The predicted molar refractivity (Wildman–Crippen MR) is 163 cm³/mol. The van der Waals surface area contributed by atoms with Crippen molar-refractivity contribution < 1.29 is 19.2 Å². The molecule has 0 aromatic heterocycles. The Morgan fingerprint density at radius 2 is 1.78 bits per heavy atom. The van der Waals surface area contributed by atoms with Gasteiger partial charge in [0, 0.05) is 41.0 Å². The molecule has 4 aliphatic rings. The third-order valence-corrected chi connectivity index (χ3v) is 10.1. The first kappa shape index (κ1) is 26.2. The molecule has 41 heavy (non-hydrogen) atoms. The summed E-state index contributed by atoms with van der Waals surface area (Å²) in [5, 5.41) is 9.52. The van der Waals surface area contributed by atoms with Gasteiger partial charge in [-0.1, -0.05) is 62.1 Å². The first-order valence-corrected chi connectivity index (χ1v) is 15.3. The van der Waals surface area contributed by atoms with E-state index in [0.717, 1.165) is 18.4 Å². The fourth-order valence-electron chi connectivity index (χ4n) is 8.25. The summed E-state index contributed by atoms with van der Waals surface area (Å²) < 4.78 is 7.57. The number of fused-ring (bicyclic) bond motifs is 5. The number of aliphatic hydroxyl groups is 1. The van der Waals surface area contributed by atoms with Crippen molar-refractivity contribution in [3.63, 3.8) is 0 Å². The second kappa shape index (κ2) is 10.9. The Kier molecular flexibility index (Phi) is 7.00. The Hall–Kier alpha value is -3.70. The Bertz CT molecular complexity index is 1500. The van der Waals surface area contributed by atoms with Crippen LogP contribution in [0.25, 0.3) is 6.08 Å². The number of aliphatic hydroxyl groups excluding tert-OH is 1. The minimum Gasteiger partial charge on any atom is -0.461 e. The zero-order valence-electron chi connectivity index (χ0n) is 23.7. The van der Waals surface area contributed by atoms with Crippen molar-refractivity contribution in [2.75, 3.05) is 18.1 Å². The van der Waals surface area contributed by atoms with Gasteiger partial charge in [0.05, 0.1) is 12.0 Å². The zero-order chi connectivity index (χ0) is 27.8. The van der Waals surface area contributed by atoms with Crippen LogP contribution < -0.4 is 4.90 Å². The molecular weight excluding hydrogens is 508 g/mol. The molecule has 2 saturated carbocycles. The molecule has 2 heterocycles. The largest absolute Gasteiger partial charge is 0.461 e. The summed E-state index contributed by atoms with van der Waals surface area (Å²) in [5.74, 6) is 0.556. The molecule has 0 bridgehead atoms. The molecule has 2 aliphatic heterocycles. The minimum absolute atomic E-state index is 0.0251. The van der Waals surface area contributed by atoms with Gasteiger partial charge in [-0.25, -0.2) is 0 Å². The van der Waals surface area contributed by atoms with E-state index in [-0.39, 0.29) is 12.0 Å². The van der Waals surface area contributed by atoms with Crippen LogP contribution in [0.1, 0.15) is 79.5 Å². The lowest BCUT2D eigenvalue weighted by atomic mass is 9.67. The topological polar surface area (TPSA) is 52.8 Å². The highest BCUT2D eigenvalue weighted by molar-refractivity contribution is 6.06. The molecule has 3 aromatic rings. The minimum atomic E-state index is 0.0251. The van der Waals surface area contributed by atoms with Gasteiger partial charge in [-0.15, -0.1) is 0 Å². The van der Waals surface area contributed by atoms with Crippen molar-refractivity contribution in [3.8, 4) is 0 Å². The van der Waals surface area contributed by atoms with E-state index >= 15 is 0 Å². The summed E-state index contributed by atoms with van der Waals surface area (Å²) >= 11 is 0. The molecule has 2 atom stereocenters. The first-order valence-electron chi connectivity index (χ1n) is 15.3. The number of para-hydroxylation sites is 1. The van der Waals surface area contributed by atoms with Crippen molar-refractivity contribution in [1.29, 1.82) is 0 Å². The normalized spacial score (nSPS) is 22.3. The van der Waals surface area contributed by atoms with Gasteiger partial charge >= 0.3 is 0 Å². The molecule has 0 radical (unpaired) electrons. The van der Waals surface area contributed by atoms with E-state index in [1.165, 1.54) is 78.0 Å². The van der Waals surface area contributed by atoms with E-state index in [1.807, 2.05) is 12.1 Å². The van der Waals surface area contributed by atoms with Crippen LogP contribution in [-0.2, 0) is 21.6 Å². The molecule has 1 spiro atoms. The van der Waals surface area contributed by atoms with Crippen LogP contribution >= 0.6 is 0 Å². The number of anilines is 2. The lowest BCUT2D eigenvalue weighted by Gasteiger charge is -2.31. The number of nitrogens with zero attached hydrogens (tertiary/aromatic N) is 2. The molecule has 1 N–H and O–H groups in total. The summed E-state index contributed by atoms with van der Waals surface area (Å²) in [5.41, 5.74) is 10.2. The summed E-state index contributed by atoms with van der Waals surface area (Å²) in [7, 11) is 0. The lowest BCUT2D eigenvalue weighted by Crippen LogP contribution is -2.36. The van der Waals surface area contributed by atoms with Gasteiger partial charge in [0.2, 0.25) is 5.69 Å². The van der Waals surface area contributed by atoms with Crippen molar-refractivity contribution in [1.82, 2.24) is 0 Å². The second-order valence-corrected chi connectivity index (χ2v) is 12.1. The highest BCUT2D eigenvalue weighted by Gasteiger charge is 2.51. The number of carbonyl (C=O) groups excluding carboxylic acids is 1. The van der Waals surface area contributed by atoms with E-state index in [1.54, 1.807) is 0 Å². The van der Waals surface area contributed by atoms with E-state index in [0.29, 0.717) is 31.6 Å². The summed E-state index contributed by atoms with van der Waals surface area (Å²) in [4.78, 5) is 13.5. The number of rotatable bonds is 8. The van der Waals surface area contributed by atoms with Gasteiger partial charge in [0.15, 0.2) is 12.3 Å². The predicted octanol–water partition coefficient (Wildman–Crippen LogP) is 7.15. The Labute approximate surface area is 242 Å². The first-order chi connectivity index (χ1) is 20.2. The molecule has 2 aliphatic carbocycles. The van der Waals surface area contributed by atoms with Crippen LogP contribution in [0.15, 0.2) is 72.8 Å². The maximum absolute atomic E-state index is 11.0. The van der Waals surface area contributed by atoms with Crippen molar-refractivity contribution in [2.45, 2.75) is 75.3 Å². The smallest absolute Gasteiger partial charge is 0.293 e. The monoisotopic (exact) mass is 547 g/mol. The van der Waals surface area contributed by atoms with Crippen LogP contribution in [0.4, 0.5) is 17.1 Å². The van der Waals surface area contributed by atoms with Crippen LogP contribution in [0.5, 0.6) is 0 Å². The van der Waals surface area contributed by atoms with Gasteiger partial charge in [-0.2, -0.15) is 4.58 Å². The lowest BCUT2D eigenvalue weighted by molar-refractivity contribution is -0.440. The van der Waals surface area contributed by atoms with Crippen LogP contribution in [-0.4, -0.2) is 41.1 Å². The Balaban J connectivity index is 1.26. The fourth-order valence-corrected chi connectivity index (χ4v) is 8.25. The molecule has 0 amide bonds. The van der Waals surface area contributed by atoms with E-state index < -0.39 is 0 Å². The van der Waals surface area contributed by atoms with Gasteiger partial charge in [0.1, 0.15) is 6.61 Å². The third-order valence-electron chi connectivity index (χ3n) is 10.1. The fraction of sp³-hybridized carbons (Fsp3) is 0.389. The Morgan fingerprint density at radius 1 is 0.951 bits per heavy atom. The number of hydrogen-bond acceptors (Lipinski definition) is 4. The molecule has 5 nitrogen and oxygen atoms in total. The molecule has 2 fully saturated rings. The number of hydrogen-bond donors (Lipinski definition) is 1. The maximum Gasteiger partial charge on any atom is 0.293 e. The summed E-state index contributed by atoms with van der Waals surface area (Å²) in [6.45, 7) is 1.67. The average molecular weight is 548 g/mol. The molecule has 2 unspecified atom stereocenters. The molecule has 5 heteroatoms. The van der Waals surface area contributed by atoms with Crippen LogP contribution in [0.3, 0.4) is 0 Å². The zero-order valence-corrected chi connectivity index (χ0v) is 23.7. The molecule has 210 valence electrons. The van der Waals surface area contributed by atoms with Gasteiger partial charge < -0.3 is 14.7 Å². The molecular formula is C36H39N2O3+. The second-order valence-electron chi connectivity index (χ2n) is 12.1. The highest BCUT2D eigenvalue weighted by atomic mass is 16.5.